The summed E-state index contributed by atoms with van der Waals surface area (Å²) in [5.74, 6) is -0.289. The molecule has 1 amide bonds. The van der Waals surface area contributed by atoms with E-state index in [1.165, 1.54) is 109 Å². The van der Waals surface area contributed by atoms with Crippen LogP contribution in [0, 0.1) is 0 Å². The van der Waals surface area contributed by atoms with Gasteiger partial charge in [0.1, 0.15) is 73.2 Å². The summed E-state index contributed by atoms with van der Waals surface area (Å²) < 4.78 is 34.2. The van der Waals surface area contributed by atoms with Gasteiger partial charge in [-0.05, 0) is 57.8 Å². The van der Waals surface area contributed by atoms with E-state index >= 15 is 0 Å². The van der Waals surface area contributed by atoms with E-state index in [0.717, 1.165) is 51.4 Å². The van der Waals surface area contributed by atoms with E-state index in [1.807, 2.05) is 6.08 Å². The van der Waals surface area contributed by atoms with E-state index in [9.17, 15) is 61.0 Å². The summed E-state index contributed by atoms with van der Waals surface area (Å²) in [6.45, 7) is 1.67. The molecular weight excluding hydrogens is 999 g/mol. The molecule has 12 N–H and O–H groups in total. The van der Waals surface area contributed by atoms with Crippen molar-refractivity contribution in [1.82, 2.24) is 5.32 Å². The van der Waals surface area contributed by atoms with E-state index in [-0.39, 0.29) is 18.9 Å². The minimum Gasteiger partial charge on any atom is -0.394 e. The minimum absolute atomic E-state index is 0.233. The highest BCUT2D eigenvalue weighted by Crippen LogP contribution is 2.33. The quantitative estimate of drug-likeness (QED) is 0.0285. The molecule has 3 saturated heterocycles. The molecule has 0 aromatic rings. The van der Waals surface area contributed by atoms with Crippen LogP contribution in [0.4, 0.5) is 0 Å². The van der Waals surface area contributed by atoms with E-state index < -0.39 is 124 Å². The smallest absolute Gasteiger partial charge is 0.220 e. The first-order valence-electron chi connectivity index (χ1n) is 29.7. The third-order valence-electron chi connectivity index (χ3n) is 14.9. The molecule has 3 aliphatic heterocycles. The molecule has 19 heteroatoms. The molecule has 0 aliphatic carbocycles. The molecule has 0 spiro atoms. The van der Waals surface area contributed by atoms with Crippen molar-refractivity contribution in [3.05, 3.63) is 36.5 Å². The number of aliphatic hydroxyl groups excluding tert-OH is 11. The Kier molecular flexibility index (Phi) is 37.7. The first-order valence-corrected chi connectivity index (χ1v) is 29.7. The van der Waals surface area contributed by atoms with Crippen molar-refractivity contribution in [2.75, 3.05) is 26.4 Å². The summed E-state index contributed by atoms with van der Waals surface area (Å²) in [4.78, 5) is 13.3. The number of nitrogens with one attached hydrogen (secondary N) is 1. The van der Waals surface area contributed by atoms with Crippen LogP contribution in [-0.4, -0.2) is 193 Å². The summed E-state index contributed by atoms with van der Waals surface area (Å²) >= 11 is 0. The third-order valence-corrected chi connectivity index (χ3v) is 14.9. The fourth-order valence-electron chi connectivity index (χ4n) is 9.96. The average molecular weight is 1100 g/mol. The summed E-state index contributed by atoms with van der Waals surface area (Å²) in [5.41, 5.74) is 0. The molecular formula is C58H105NO18. The molecule has 3 heterocycles. The molecule has 19 nitrogen and oxygen atoms in total. The SMILES string of the molecule is CCCCCCCC/C=C\CCCCCCCCCCCC(=O)NC(COC1OC(CO)C(OC2OC(CO)C(OC3OC(CO)C(O)C(O)C3O)C(O)C2O)C(O)C1O)C(O)/C=C/CC/C=C/CCCCCCCCC. The van der Waals surface area contributed by atoms with E-state index in [1.54, 1.807) is 6.08 Å². The van der Waals surface area contributed by atoms with Crippen LogP contribution in [0.1, 0.15) is 194 Å². The first-order chi connectivity index (χ1) is 37.3. The maximum absolute atomic E-state index is 13.3. The van der Waals surface area contributed by atoms with Gasteiger partial charge in [0.05, 0.1) is 38.6 Å². The van der Waals surface area contributed by atoms with Gasteiger partial charge in [0.15, 0.2) is 18.9 Å². The molecule has 0 bridgehead atoms. The normalized spacial score (nSPS) is 30.9. The number of rotatable bonds is 43. The molecule has 17 atom stereocenters. The number of hydrogen-bond donors (Lipinski definition) is 12. The number of aliphatic hydroxyl groups is 11. The molecule has 77 heavy (non-hydrogen) atoms. The van der Waals surface area contributed by atoms with Gasteiger partial charge in [0.25, 0.3) is 0 Å². The Morgan fingerprint density at radius 1 is 0.455 bits per heavy atom. The molecule has 3 aliphatic rings. The van der Waals surface area contributed by atoms with Crippen molar-refractivity contribution in [3.8, 4) is 0 Å². The molecule has 17 unspecified atom stereocenters. The van der Waals surface area contributed by atoms with Crippen molar-refractivity contribution in [3.63, 3.8) is 0 Å². The fraction of sp³-hybridized carbons (Fsp3) is 0.879. The van der Waals surface area contributed by atoms with Gasteiger partial charge in [-0.1, -0.05) is 166 Å². The number of hydrogen-bond acceptors (Lipinski definition) is 18. The Bertz CT molecular complexity index is 1550. The van der Waals surface area contributed by atoms with Crippen LogP contribution in [0.5, 0.6) is 0 Å². The Balaban J connectivity index is 1.51. The van der Waals surface area contributed by atoms with Crippen LogP contribution in [0.3, 0.4) is 0 Å². The monoisotopic (exact) mass is 1100 g/mol. The van der Waals surface area contributed by atoms with Crippen LogP contribution in [0.25, 0.3) is 0 Å². The van der Waals surface area contributed by atoms with E-state index in [4.69, 9.17) is 28.4 Å². The van der Waals surface area contributed by atoms with Crippen LogP contribution in [0.2, 0.25) is 0 Å². The second-order valence-corrected chi connectivity index (χ2v) is 21.4. The molecule has 0 aromatic carbocycles. The zero-order valence-electron chi connectivity index (χ0n) is 46.7. The van der Waals surface area contributed by atoms with E-state index in [2.05, 4.69) is 43.5 Å². The predicted molar refractivity (Wildman–Crippen MR) is 291 cm³/mol. The topological polar surface area (TPSA) is 307 Å². The summed E-state index contributed by atoms with van der Waals surface area (Å²) in [7, 11) is 0. The molecule has 3 rings (SSSR count). The minimum atomic E-state index is -1.98. The Labute approximate surface area is 460 Å². The zero-order valence-corrected chi connectivity index (χ0v) is 46.7. The summed E-state index contributed by atoms with van der Waals surface area (Å²) in [5, 5.41) is 120. The molecule has 3 fully saturated rings. The second kappa shape index (κ2) is 41.9. The standard InChI is InChI=1S/C58H105NO18/c1-3-5-7-9-11-13-15-17-18-19-20-21-22-24-26-28-30-32-34-36-46(64)59-41(42(63)35-33-31-29-27-25-23-16-14-12-10-8-6-4-2)40-72-56-52(70)49(67)54(44(38-61)74-56)77-58-53(71)50(68)55(45(39-62)75-58)76-57-51(69)48(66)47(65)43(37-60)73-57/h17-18,25,27,33,35,41-45,47-58,60-63,65-71H,3-16,19-24,26,28-32,34,36-40H2,1-2H3,(H,59,64)/b18-17-,27-25+,35-33+. The van der Waals surface area contributed by atoms with Gasteiger partial charge in [-0.2, -0.15) is 0 Å². The van der Waals surface area contributed by atoms with Crippen LogP contribution in [0.15, 0.2) is 36.5 Å². The van der Waals surface area contributed by atoms with Gasteiger partial charge in [0.2, 0.25) is 5.91 Å². The van der Waals surface area contributed by atoms with Crippen molar-refractivity contribution in [2.45, 2.75) is 298 Å². The number of carbonyl (C=O) groups excluding carboxylic acids is 1. The molecule has 450 valence electrons. The van der Waals surface area contributed by atoms with Gasteiger partial charge in [0, 0.05) is 6.42 Å². The third kappa shape index (κ3) is 26.2. The molecule has 0 aromatic heterocycles. The predicted octanol–water partition coefficient (Wildman–Crippen LogP) is 4.93. The van der Waals surface area contributed by atoms with Crippen molar-refractivity contribution in [1.29, 1.82) is 0 Å². The fourth-order valence-corrected chi connectivity index (χ4v) is 9.96. The first kappa shape index (κ1) is 69.3. The largest absolute Gasteiger partial charge is 0.394 e. The van der Waals surface area contributed by atoms with Crippen molar-refractivity contribution >= 4 is 5.91 Å². The lowest BCUT2D eigenvalue weighted by Gasteiger charge is -2.48. The van der Waals surface area contributed by atoms with Crippen LogP contribution in [-0.2, 0) is 33.2 Å². The maximum atomic E-state index is 13.3. The lowest BCUT2D eigenvalue weighted by atomic mass is 9.96. The van der Waals surface area contributed by atoms with Gasteiger partial charge in [-0.3, -0.25) is 4.79 Å². The number of amides is 1. The van der Waals surface area contributed by atoms with Gasteiger partial charge in [-0.25, -0.2) is 0 Å². The summed E-state index contributed by atoms with van der Waals surface area (Å²) in [6, 6.07) is -0.988. The van der Waals surface area contributed by atoms with Gasteiger partial charge < -0.3 is 89.9 Å². The average Bonchev–Trinajstić information content (AvgIpc) is 3.42. The number of unbranched alkanes of at least 4 members (excludes halogenated alkanes) is 23. The number of carbonyl (C=O) groups is 1. The highest BCUT2D eigenvalue weighted by molar-refractivity contribution is 5.76. The summed E-state index contributed by atoms with van der Waals surface area (Å²) in [6.07, 6.45) is 17.0. The Hall–Kier alpha value is -1.99. The van der Waals surface area contributed by atoms with Crippen LogP contribution < -0.4 is 5.32 Å². The molecule has 0 saturated carbocycles. The van der Waals surface area contributed by atoms with Crippen molar-refractivity contribution < 1.29 is 89.4 Å². The van der Waals surface area contributed by atoms with E-state index in [0.29, 0.717) is 12.8 Å². The second-order valence-electron chi connectivity index (χ2n) is 21.4. The Morgan fingerprint density at radius 2 is 0.831 bits per heavy atom. The lowest BCUT2D eigenvalue weighted by Crippen LogP contribution is -2.66. The van der Waals surface area contributed by atoms with Gasteiger partial charge >= 0.3 is 0 Å². The zero-order chi connectivity index (χ0) is 56.2. The van der Waals surface area contributed by atoms with Gasteiger partial charge in [-0.15, -0.1) is 0 Å². The maximum Gasteiger partial charge on any atom is 0.220 e. The Morgan fingerprint density at radius 3 is 1.30 bits per heavy atom. The van der Waals surface area contributed by atoms with Crippen LogP contribution >= 0.6 is 0 Å². The van der Waals surface area contributed by atoms with Crippen molar-refractivity contribution in [2.24, 2.45) is 0 Å². The highest BCUT2D eigenvalue weighted by atomic mass is 16.8. The number of ether oxygens (including phenoxy) is 6. The lowest BCUT2D eigenvalue weighted by molar-refractivity contribution is -0.379. The highest BCUT2D eigenvalue weighted by Gasteiger charge is 2.53. The number of allylic oxidation sites excluding steroid dienone is 5. The molecule has 0 radical (unpaired) electrons.